The highest BCUT2D eigenvalue weighted by molar-refractivity contribution is 7.16. The lowest BCUT2D eigenvalue weighted by atomic mass is 10.1. The second kappa shape index (κ2) is 6.83. The molecule has 1 atom stereocenters. The summed E-state index contributed by atoms with van der Waals surface area (Å²) in [4.78, 5) is 16.8. The lowest BCUT2D eigenvalue weighted by molar-refractivity contribution is 0.0917. The van der Waals surface area contributed by atoms with Crippen molar-refractivity contribution in [3.05, 3.63) is 50.9 Å². The Morgan fingerprint density at radius 3 is 2.95 bits per heavy atom. The number of aromatic nitrogens is 1. The molecule has 1 amide bonds. The fourth-order valence-corrected chi connectivity index (χ4v) is 2.87. The van der Waals surface area contributed by atoms with Gasteiger partial charge in [-0.15, -0.1) is 11.3 Å². The minimum atomic E-state index is -0.747. The molecule has 4 nitrogen and oxygen atoms in total. The number of hydrogen-bond acceptors (Lipinski definition) is 4. The molecule has 0 aliphatic carbocycles. The zero-order valence-corrected chi connectivity index (χ0v) is 12.5. The van der Waals surface area contributed by atoms with Gasteiger partial charge in [0.15, 0.2) is 0 Å². The minimum Gasteiger partial charge on any atom is -0.386 e. The van der Waals surface area contributed by atoms with Crippen molar-refractivity contribution < 1.29 is 9.90 Å². The Morgan fingerprint density at radius 2 is 2.30 bits per heavy atom. The van der Waals surface area contributed by atoms with Gasteiger partial charge in [0.2, 0.25) is 0 Å². The number of halogens is 1. The van der Waals surface area contributed by atoms with Gasteiger partial charge in [-0.05, 0) is 30.2 Å². The van der Waals surface area contributed by atoms with Crippen molar-refractivity contribution in [3.63, 3.8) is 0 Å². The minimum absolute atomic E-state index is 0.154. The fraction of sp³-hybridized carbons (Fsp3) is 0.286. The molecule has 0 bridgehead atoms. The molecule has 1 unspecified atom stereocenters. The van der Waals surface area contributed by atoms with E-state index in [9.17, 15) is 9.90 Å². The van der Waals surface area contributed by atoms with E-state index in [2.05, 4.69) is 10.3 Å². The van der Waals surface area contributed by atoms with Crippen LogP contribution in [0.15, 0.2) is 30.6 Å². The highest BCUT2D eigenvalue weighted by atomic mass is 35.5. The van der Waals surface area contributed by atoms with Crippen molar-refractivity contribution in [2.45, 2.75) is 19.4 Å². The number of thiophene rings is 1. The maximum atomic E-state index is 12.1. The van der Waals surface area contributed by atoms with Gasteiger partial charge in [-0.25, -0.2) is 0 Å². The monoisotopic (exact) mass is 310 g/mol. The molecule has 2 N–H and O–H groups in total. The average Bonchev–Trinajstić information content (AvgIpc) is 2.91. The molecule has 0 radical (unpaired) electrons. The summed E-state index contributed by atoms with van der Waals surface area (Å²) in [5.41, 5.74) is 1.48. The van der Waals surface area contributed by atoms with E-state index in [1.165, 1.54) is 11.3 Å². The first kappa shape index (κ1) is 15.0. The molecule has 0 saturated heterocycles. The molecule has 0 aliphatic heterocycles. The van der Waals surface area contributed by atoms with Crippen LogP contribution in [0.2, 0.25) is 4.34 Å². The van der Waals surface area contributed by atoms with Gasteiger partial charge >= 0.3 is 0 Å². The Balaban J connectivity index is 1.98. The maximum absolute atomic E-state index is 12.1. The molecule has 2 rings (SSSR count). The first-order valence-corrected chi connectivity index (χ1v) is 7.45. The predicted octanol–water partition coefficient (Wildman–Crippen LogP) is 2.82. The normalized spacial score (nSPS) is 12.2. The first-order valence-electron chi connectivity index (χ1n) is 6.26. The van der Waals surface area contributed by atoms with E-state index in [1.807, 2.05) is 6.92 Å². The number of carbonyl (C=O) groups excluding carboxylic acids is 1. The van der Waals surface area contributed by atoms with Gasteiger partial charge in [-0.2, -0.15) is 0 Å². The lowest BCUT2D eigenvalue weighted by Gasteiger charge is -2.11. The topological polar surface area (TPSA) is 62.2 Å². The van der Waals surface area contributed by atoms with Gasteiger partial charge in [0.05, 0.1) is 4.34 Å². The Hall–Kier alpha value is -1.43. The number of aryl methyl sites for hydroxylation is 1. The van der Waals surface area contributed by atoms with Crippen LogP contribution in [0.1, 0.15) is 33.8 Å². The van der Waals surface area contributed by atoms with Crippen LogP contribution >= 0.6 is 22.9 Å². The van der Waals surface area contributed by atoms with Gasteiger partial charge in [0.1, 0.15) is 6.10 Å². The van der Waals surface area contributed by atoms with E-state index in [4.69, 9.17) is 11.6 Å². The first-order chi connectivity index (χ1) is 9.61. The van der Waals surface area contributed by atoms with E-state index < -0.39 is 6.10 Å². The quantitative estimate of drug-likeness (QED) is 0.892. The predicted molar refractivity (Wildman–Crippen MR) is 80.2 cm³/mol. The Labute approximate surface area is 126 Å². The second-order valence-electron chi connectivity index (χ2n) is 4.25. The second-order valence-corrected chi connectivity index (χ2v) is 6.00. The number of aliphatic hydroxyl groups is 1. The maximum Gasteiger partial charge on any atom is 0.251 e. The molecule has 2 aromatic heterocycles. The standard InChI is InChI=1S/C14H15ClN2O2S/c1-2-9-7-16-6-5-10(9)14(19)17-8-11(18)12-3-4-13(15)20-12/h3-7,11,18H,2,8H2,1H3,(H,17,19). The Kier molecular flexibility index (Phi) is 5.11. The Bertz CT molecular complexity index is 600. The summed E-state index contributed by atoms with van der Waals surface area (Å²) in [5, 5.41) is 12.7. The average molecular weight is 311 g/mol. The van der Waals surface area contributed by atoms with Gasteiger partial charge in [-0.1, -0.05) is 18.5 Å². The SMILES string of the molecule is CCc1cnccc1C(=O)NCC(O)c1ccc(Cl)s1. The summed E-state index contributed by atoms with van der Waals surface area (Å²) in [5.74, 6) is -0.203. The van der Waals surface area contributed by atoms with Crippen molar-refractivity contribution in [3.8, 4) is 0 Å². The van der Waals surface area contributed by atoms with Crippen molar-refractivity contribution in [2.75, 3.05) is 6.54 Å². The summed E-state index contributed by atoms with van der Waals surface area (Å²) in [6, 6.07) is 5.17. The summed E-state index contributed by atoms with van der Waals surface area (Å²) < 4.78 is 0.618. The molecule has 0 spiro atoms. The van der Waals surface area contributed by atoms with Crippen molar-refractivity contribution >= 4 is 28.8 Å². The number of aliphatic hydroxyl groups excluding tert-OH is 1. The lowest BCUT2D eigenvalue weighted by Crippen LogP contribution is -2.28. The van der Waals surface area contributed by atoms with Crippen molar-refractivity contribution in [1.29, 1.82) is 0 Å². The molecule has 0 saturated carbocycles. The third-order valence-electron chi connectivity index (χ3n) is 2.91. The van der Waals surface area contributed by atoms with Crippen molar-refractivity contribution in [1.82, 2.24) is 10.3 Å². The molecule has 2 aromatic rings. The summed E-state index contributed by atoms with van der Waals surface area (Å²) >= 11 is 7.12. The van der Waals surface area contributed by atoms with E-state index in [-0.39, 0.29) is 12.5 Å². The van der Waals surface area contributed by atoms with Gasteiger partial charge in [0, 0.05) is 29.4 Å². The zero-order chi connectivity index (χ0) is 14.5. The molecule has 6 heteroatoms. The van der Waals surface area contributed by atoms with E-state index in [0.29, 0.717) is 9.90 Å². The molecular formula is C14H15ClN2O2S. The van der Waals surface area contributed by atoms with E-state index in [0.717, 1.165) is 16.9 Å². The number of nitrogens with one attached hydrogen (secondary N) is 1. The number of carbonyl (C=O) groups is 1. The van der Waals surface area contributed by atoms with Gasteiger partial charge in [0.25, 0.3) is 5.91 Å². The number of pyridine rings is 1. The van der Waals surface area contributed by atoms with Crippen LogP contribution in [0.25, 0.3) is 0 Å². The van der Waals surface area contributed by atoms with E-state index in [1.54, 1.807) is 30.6 Å². The highest BCUT2D eigenvalue weighted by Gasteiger charge is 2.14. The van der Waals surface area contributed by atoms with Gasteiger partial charge < -0.3 is 10.4 Å². The highest BCUT2D eigenvalue weighted by Crippen LogP contribution is 2.26. The smallest absolute Gasteiger partial charge is 0.251 e. The summed E-state index contributed by atoms with van der Waals surface area (Å²) in [6.45, 7) is 2.12. The van der Waals surface area contributed by atoms with Crippen molar-refractivity contribution in [2.24, 2.45) is 0 Å². The van der Waals surface area contributed by atoms with Crippen LogP contribution in [-0.2, 0) is 6.42 Å². The van der Waals surface area contributed by atoms with Crippen LogP contribution in [0.4, 0.5) is 0 Å². The zero-order valence-electron chi connectivity index (χ0n) is 11.0. The van der Waals surface area contributed by atoms with Crippen LogP contribution in [0, 0.1) is 0 Å². The molecule has 106 valence electrons. The third-order valence-corrected chi connectivity index (χ3v) is 4.24. The molecule has 0 aromatic carbocycles. The third kappa shape index (κ3) is 3.56. The largest absolute Gasteiger partial charge is 0.386 e. The number of nitrogens with zero attached hydrogens (tertiary/aromatic N) is 1. The number of rotatable bonds is 5. The van der Waals surface area contributed by atoms with Crippen LogP contribution in [0.3, 0.4) is 0 Å². The number of hydrogen-bond donors (Lipinski definition) is 2. The fourth-order valence-electron chi connectivity index (χ4n) is 1.82. The molecule has 20 heavy (non-hydrogen) atoms. The van der Waals surface area contributed by atoms with Crippen LogP contribution < -0.4 is 5.32 Å². The molecule has 2 heterocycles. The van der Waals surface area contributed by atoms with E-state index >= 15 is 0 Å². The molecule has 0 aliphatic rings. The molecular weight excluding hydrogens is 296 g/mol. The van der Waals surface area contributed by atoms with Crippen LogP contribution in [-0.4, -0.2) is 22.5 Å². The van der Waals surface area contributed by atoms with Crippen LogP contribution in [0.5, 0.6) is 0 Å². The summed E-state index contributed by atoms with van der Waals surface area (Å²) in [6.07, 6.45) is 3.26. The molecule has 0 fully saturated rings. The summed E-state index contributed by atoms with van der Waals surface area (Å²) in [7, 11) is 0. The Morgan fingerprint density at radius 1 is 1.50 bits per heavy atom. The number of amides is 1. The van der Waals surface area contributed by atoms with Gasteiger partial charge in [-0.3, -0.25) is 9.78 Å².